The van der Waals surface area contributed by atoms with Gasteiger partial charge >= 0.3 is 0 Å². The quantitative estimate of drug-likeness (QED) is 0.299. The first-order chi connectivity index (χ1) is 10.2. The van der Waals surface area contributed by atoms with Crippen LogP contribution in [0.15, 0.2) is 0 Å². The first kappa shape index (κ1) is 21.1. The molecule has 21 heavy (non-hydrogen) atoms. The highest BCUT2D eigenvalue weighted by Gasteiger charge is 2.28. The second kappa shape index (κ2) is 15.0. The van der Waals surface area contributed by atoms with Crippen molar-refractivity contribution in [3.8, 4) is 0 Å². The van der Waals surface area contributed by atoms with E-state index in [-0.39, 0.29) is 0 Å². The molecule has 0 unspecified atom stereocenters. The van der Waals surface area contributed by atoms with Crippen molar-refractivity contribution in [2.24, 2.45) is 17.2 Å². The van der Waals surface area contributed by atoms with Gasteiger partial charge in [0.25, 0.3) is 0 Å². The highest BCUT2D eigenvalue weighted by Crippen LogP contribution is 2.32. The smallest absolute Gasteiger partial charge is 0.0533 e. The average Bonchev–Trinajstić information content (AvgIpc) is 2.51. The van der Waals surface area contributed by atoms with Gasteiger partial charge in [-0.2, -0.15) is 0 Å². The van der Waals surface area contributed by atoms with Crippen molar-refractivity contribution in [2.45, 2.75) is 88.9 Å². The van der Waals surface area contributed by atoms with Crippen LogP contribution < -0.4 is 17.2 Å². The third-order valence-electron chi connectivity index (χ3n) is 4.98. The molecule has 0 aromatic carbocycles. The Balaban J connectivity index is 4.22. The Morgan fingerprint density at radius 1 is 0.524 bits per heavy atom. The Hall–Kier alpha value is 0.0969. The predicted molar refractivity (Wildman–Crippen MR) is 99.4 cm³/mol. The molecule has 6 N–H and O–H groups in total. The maximum atomic E-state index is 5.63. The third-order valence-corrected chi connectivity index (χ3v) is 10.7. The minimum Gasteiger partial charge on any atom is -0.330 e. The van der Waals surface area contributed by atoms with Crippen LogP contribution in [0.2, 0.25) is 24.2 Å². The SMILES string of the molecule is CC[Si](CCCCCN)(CCCCCN)CCCCCN. The maximum absolute atomic E-state index is 5.63. The van der Waals surface area contributed by atoms with Gasteiger partial charge in [-0.3, -0.25) is 0 Å². The van der Waals surface area contributed by atoms with Crippen LogP contribution >= 0.6 is 0 Å². The molecule has 0 fully saturated rings. The standard InChI is InChI=1S/C17H41N3Si/c1-2-21(15-9-3-6-12-18,16-10-4-7-13-19)17-11-5-8-14-20/h2-20H2,1H3. The molecular weight excluding hydrogens is 274 g/mol. The molecule has 0 saturated heterocycles. The minimum absolute atomic E-state index is 0.855. The summed E-state index contributed by atoms with van der Waals surface area (Å²) in [6.45, 7) is 5.01. The van der Waals surface area contributed by atoms with Gasteiger partial charge in [-0.05, 0) is 38.9 Å². The van der Waals surface area contributed by atoms with E-state index in [0.717, 1.165) is 19.6 Å². The van der Waals surface area contributed by atoms with E-state index in [1.165, 1.54) is 82.0 Å². The molecule has 0 bridgehead atoms. The Morgan fingerprint density at radius 2 is 0.857 bits per heavy atom. The van der Waals surface area contributed by atoms with Gasteiger partial charge in [0, 0.05) is 0 Å². The molecular formula is C17H41N3Si. The minimum atomic E-state index is -1.04. The molecule has 0 amide bonds. The van der Waals surface area contributed by atoms with Gasteiger partial charge in [-0.1, -0.05) is 69.6 Å². The third kappa shape index (κ3) is 11.3. The Morgan fingerprint density at radius 3 is 1.10 bits per heavy atom. The summed E-state index contributed by atoms with van der Waals surface area (Å²) in [5, 5.41) is 0. The van der Waals surface area contributed by atoms with Crippen molar-refractivity contribution in [1.29, 1.82) is 0 Å². The Labute approximate surface area is 134 Å². The van der Waals surface area contributed by atoms with Crippen molar-refractivity contribution in [3.63, 3.8) is 0 Å². The van der Waals surface area contributed by atoms with E-state index in [9.17, 15) is 0 Å². The van der Waals surface area contributed by atoms with Gasteiger partial charge in [0.2, 0.25) is 0 Å². The van der Waals surface area contributed by atoms with E-state index in [4.69, 9.17) is 17.2 Å². The van der Waals surface area contributed by atoms with E-state index in [1.807, 2.05) is 0 Å². The fraction of sp³-hybridized carbons (Fsp3) is 1.00. The first-order valence-corrected chi connectivity index (χ1v) is 12.2. The van der Waals surface area contributed by atoms with Crippen molar-refractivity contribution >= 4 is 8.07 Å². The zero-order valence-electron chi connectivity index (χ0n) is 14.5. The normalized spacial score (nSPS) is 12.0. The summed E-state index contributed by atoms with van der Waals surface area (Å²) in [7, 11) is -1.04. The molecule has 4 heteroatoms. The molecule has 128 valence electrons. The lowest BCUT2D eigenvalue weighted by molar-refractivity contribution is 0.682. The molecule has 0 aliphatic heterocycles. The number of nitrogens with two attached hydrogens (primary N) is 3. The number of hydrogen-bond acceptors (Lipinski definition) is 3. The fourth-order valence-corrected chi connectivity index (χ4v) is 8.18. The van der Waals surface area contributed by atoms with Crippen molar-refractivity contribution < 1.29 is 0 Å². The van der Waals surface area contributed by atoms with Crippen molar-refractivity contribution in [2.75, 3.05) is 19.6 Å². The first-order valence-electron chi connectivity index (χ1n) is 9.35. The van der Waals surface area contributed by atoms with E-state index >= 15 is 0 Å². The van der Waals surface area contributed by atoms with Gasteiger partial charge in [-0.25, -0.2) is 0 Å². The molecule has 0 aromatic rings. The van der Waals surface area contributed by atoms with Gasteiger partial charge in [-0.15, -0.1) is 0 Å². The lowest BCUT2D eigenvalue weighted by Gasteiger charge is -2.31. The highest BCUT2D eigenvalue weighted by atomic mass is 28.3. The van der Waals surface area contributed by atoms with E-state index in [1.54, 1.807) is 0 Å². The molecule has 0 aliphatic carbocycles. The largest absolute Gasteiger partial charge is 0.330 e. The van der Waals surface area contributed by atoms with E-state index in [2.05, 4.69) is 6.92 Å². The Bertz CT molecular complexity index is 181. The van der Waals surface area contributed by atoms with Gasteiger partial charge in [0.15, 0.2) is 0 Å². The zero-order chi connectivity index (χ0) is 15.8. The zero-order valence-corrected chi connectivity index (χ0v) is 15.5. The molecule has 0 aromatic heterocycles. The second-order valence-electron chi connectivity index (χ2n) is 6.65. The topological polar surface area (TPSA) is 78.1 Å². The number of hydrogen-bond donors (Lipinski definition) is 3. The second-order valence-corrected chi connectivity index (χ2v) is 11.9. The lowest BCUT2D eigenvalue weighted by Crippen LogP contribution is -2.33. The fourth-order valence-electron chi connectivity index (χ4n) is 3.37. The summed E-state index contributed by atoms with van der Waals surface area (Å²) < 4.78 is 0. The van der Waals surface area contributed by atoms with Crippen molar-refractivity contribution in [3.05, 3.63) is 0 Å². The summed E-state index contributed by atoms with van der Waals surface area (Å²) >= 11 is 0. The van der Waals surface area contributed by atoms with Crippen LogP contribution in [0.25, 0.3) is 0 Å². The van der Waals surface area contributed by atoms with Crippen LogP contribution in [0, 0.1) is 0 Å². The summed E-state index contributed by atoms with van der Waals surface area (Å²) in [6, 6.07) is 6.03. The van der Waals surface area contributed by atoms with Crippen LogP contribution in [0.5, 0.6) is 0 Å². The number of unbranched alkanes of at least 4 members (excludes halogenated alkanes) is 6. The van der Waals surface area contributed by atoms with Gasteiger partial charge < -0.3 is 17.2 Å². The van der Waals surface area contributed by atoms with Crippen LogP contribution in [-0.2, 0) is 0 Å². The van der Waals surface area contributed by atoms with Crippen LogP contribution in [0.3, 0.4) is 0 Å². The Kier molecular flexibility index (Phi) is 15.1. The van der Waals surface area contributed by atoms with Crippen LogP contribution in [0.1, 0.15) is 64.7 Å². The molecule has 3 nitrogen and oxygen atoms in total. The molecule has 0 radical (unpaired) electrons. The molecule has 0 rings (SSSR count). The summed E-state index contributed by atoms with van der Waals surface area (Å²) in [5.41, 5.74) is 16.9. The number of rotatable bonds is 16. The maximum Gasteiger partial charge on any atom is 0.0533 e. The molecule has 0 heterocycles. The lowest BCUT2D eigenvalue weighted by atomic mass is 10.2. The van der Waals surface area contributed by atoms with Crippen LogP contribution in [0.4, 0.5) is 0 Å². The molecule has 0 atom stereocenters. The molecule has 0 saturated carbocycles. The summed E-state index contributed by atoms with van der Waals surface area (Å²) in [4.78, 5) is 0. The van der Waals surface area contributed by atoms with Crippen molar-refractivity contribution in [1.82, 2.24) is 0 Å². The summed E-state index contributed by atoms with van der Waals surface area (Å²) in [6.07, 6.45) is 11.8. The van der Waals surface area contributed by atoms with E-state index in [0.29, 0.717) is 0 Å². The average molecular weight is 316 g/mol. The predicted octanol–water partition coefficient (Wildman–Crippen LogP) is 3.84. The van der Waals surface area contributed by atoms with Crippen LogP contribution in [-0.4, -0.2) is 27.7 Å². The monoisotopic (exact) mass is 315 g/mol. The van der Waals surface area contributed by atoms with E-state index < -0.39 is 8.07 Å². The highest BCUT2D eigenvalue weighted by molar-refractivity contribution is 6.79. The molecule has 0 aliphatic rings. The van der Waals surface area contributed by atoms with Gasteiger partial charge in [0.1, 0.15) is 0 Å². The summed E-state index contributed by atoms with van der Waals surface area (Å²) in [5.74, 6) is 0. The molecule has 0 spiro atoms. The van der Waals surface area contributed by atoms with Gasteiger partial charge in [0.05, 0.1) is 8.07 Å².